The zero-order valence-corrected chi connectivity index (χ0v) is 86.3. The van der Waals surface area contributed by atoms with Gasteiger partial charge in [-0.2, -0.15) is 0 Å². The van der Waals surface area contributed by atoms with Gasteiger partial charge < -0.3 is 86.7 Å². The Morgan fingerprint density at radius 3 is 1.09 bits per heavy atom. The Hall–Kier alpha value is -9.81. The van der Waals surface area contributed by atoms with E-state index in [1.54, 1.807) is 39.9 Å². The predicted octanol–water partition coefficient (Wildman–Crippen LogP) is 16.3. The Morgan fingerprint density at radius 1 is 0.438 bits per heavy atom. The average Bonchev–Trinajstić information content (AvgIpc) is 1.57. The molecule has 6 saturated carbocycles. The van der Waals surface area contributed by atoms with E-state index < -0.39 is 145 Å². The summed E-state index contributed by atoms with van der Waals surface area (Å²) in [6.07, 6.45) is 25.7. The first-order valence-corrected chi connectivity index (χ1v) is 56.4. The highest BCUT2D eigenvalue weighted by atomic mass is 31.2. The summed E-state index contributed by atoms with van der Waals surface area (Å²) in [6, 6.07) is 14.7. The zero-order chi connectivity index (χ0) is 103. The van der Waals surface area contributed by atoms with Crippen molar-refractivity contribution in [1.82, 2.24) is 29.7 Å². The molecule has 9 heterocycles. The molecular formula is C108H141N6O27P3. The molecule has 0 radical (unpaired) electrons. The number of rotatable bonds is 21. The molecule has 12 bridgehead atoms. The lowest BCUT2D eigenvalue weighted by atomic mass is 9.86. The maximum atomic E-state index is 14.6. The number of carbonyl (C=O) groups excluding carboxylic acids is 9. The quantitative estimate of drug-likeness (QED) is 0.0169. The van der Waals surface area contributed by atoms with Crippen LogP contribution in [-0.2, 0) is 90.3 Å². The van der Waals surface area contributed by atoms with Gasteiger partial charge in [0.15, 0.2) is 17.3 Å². The van der Waals surface area contributed by atoms with Crippen molar-refractivity contribution >= 4 is 108 Å². The summed E-state index contributed by atoms with van der Waals surface area (Å²) in [5.41, 5.74) is 2.68. The fraction of sp³-hybridized carbons (Fsp3) is 0.611. The van der Waals surface area contributed by atoms with Crippen molar-refractivity contribution in [2.75, 3.05) is 60.8 Å². The van der Waals surface area contributed by atoms with E-state index in [-0.39, 0.29) is 163 Å². The summed E-state index contributed by atoms with van der Waals surface area (Å²) >= 11 is 0. The smallest absolute Gasteiger partial charge is 0.332 e. The molecule has 780 valence electrons. The molecule has 144 heavy (non-hydrogen) atoms. The van der Waals surface area contributed by atoms with Gasteiger partial charge in [-0.25, -0.2) is 15.0 Å². The second-order valence-electron chi connectivity index (χ2n) is 43.4. The second-order valence-corrected chi connectivity index (χ2v) is 49.4. The van der Waals surface area contributed by atoms with E-state index in [4.69, 9.17) is 42.6 Å². The van der Waals surface area contributed by atoms with Crippen LogP contribution < -0.4 is 28.4 Å². The minimum atomic E-state index is -4.66. The van der Waals surface area contributed by atoms with Crippen molar-refractivity contribution < 1.29 is 129 Å². The highest BCUT2D eigenvalue weighted by Crippen LogP contribution is 2.73. The topological polar surface area (TPSA) is 458 Å². The summed E-state index contributed by atoms with van der Waals surface area (Å²) in [7, 11) is -9.05. The number of cyclic esters (lactones) is 3. The third kappa shape index (κ3) is 23.5. The lowest BCUT2D eigenvalue weighted by molar-refractivity contribution is -0.153. The van der Waals surface area contributed by atoms with Crippen molar-refractivity contribution in [2.24, 2.45) is 64.6 Å². The van der Waals surface area contributed by atoms with Crippen molar-refractivity contribution in [1.29, 1.82) is 0 Å². The number of esters is 3. The molecule has 6 aliphatic heterocycles. The van der Waals surface area contributed by atoms with E-state index in [0.717, 1.165) is 201 Å². The molecule has 9 fully saturated rings. The van der Waals surface area contributed by atoms with E-state index in [1.165, 1.54) is 32.9 Å². The fourth-order valence-electron chi connectivity index (χ4n) is 24.6. The van der Waals surface area contributed by atoms with Gasteiger partial charge in [-0.3, -0.25) is 56.8 Å². The summed E-state index contributed by atoms with van der Waals surface area (Å²) < 4.78 is 91.7. The van der Waals surface area contributed by atoms with Crippen molar-refractivity contribution in [3.63, 3.8) is 0 Å². The van der Waals surface area contributed by atoms with E-state index >= 15 is 0 Å². The minimum absolute atomic E-state index is 0.0143. The first-order chi connectivity index (χ1) is 68.7. The molecule has 3 aromatic carbocycles. The highest BCUT2D eigenvalue weighted by molar-refractivity contribution is 7.54. The predicted molar refractivity (Wildman–Crippen MR) is 536 cm³/mol. The van der Waals surface area contributed by atoms with Crippen LogP contribution in [0, 0.1) is 64.6 Å². The third-order valence-electron chi connectivity index (χ3n) is 33.3. The fourth-order valence-corrected chi connectivity index (χ4v) is 28.6. The lowest BCUT2D eigenvalue weighted by Gasteiger charge is -2.31. The van der Waals surface area contributed by atoms with Gasteiger partial charge in [0.2, 0.25) is 35.4 Å². The van der Waals surface area contributed by atoms with Crippen molar-refractivity contribution in [3.05, 3.63) is 128 Å². The maximum absolute atomic E-state index is 14.6. The van der Waals surface area contributed by atoms with Gasteiger partial charge >= 0.3 is 40.7 Å². The molecule has 16 atom stereocenters. The normalized spacial score (nSPS) is 29.8. The van der Waals surface area contributed by atoms with Gasteiger partial charge in [-0.15, -0.1) is 19.7 Å². The van der Waals surface area contributed by atoms with Crippen molar-refractivity contribution in [3.8, 4) is 34.9 Å². The molecular weight excluding hydrogens is 1910 g/mol. The van der Waals surface area contributed by atoms with Crippen molar-refractivity contribution in [2.45, 2.75) is 291 Å². The summed E-state index contributed by atoms with van der Waals surface area (Å²) in [6.45, 7) is 18.3. The standard InChI is InChI=1S/C37H49N2O9P.C36H47N2O9P.C35H45N2O9P/c1-5-26-19-37(26,49(43,44)45)20-31(40)30-17-27-21-39(30)35(42)29(23-9-6-7-10-23)18-33(41)47-22-36(2,3)13-8-11-25-15-28-24(16-32(25)46-4)12-14-38-34(28)48-27;1-4-26-18-36(26,48(42,43)44)19-31(39)30-16-27-20-38(30)35(41)29(23-9-5-6-10-23)17-33(40)46-21-22(2)8-7-11-25-14-28-24(15-32(25)45-3)12-13-37-34(28)47-27;1-3-25-19-35(25,47(41,42)43)20-30(38)29-17-26-21-37(29)34(40)28(22-9-6-7-10-22)18-32(39)45-14-8-4-5-11-24-15-27-23(16-31(24)44-2)12-13-36-33(27)46-26/h5,12,14-16,23,26-27,29-30H,1,6-11,13,17-22H2,2-4H3,(H2,43,44,45);4,12-15,22-23,26-27,29-30H,1,5-11,16-21H2,2-3H3,(H2,42,43,44);3,12-13,15-16,22,25-26,28-29H,1,4-11,14,17-21H2,2H3,(H2,41,42,43)/t26?,27-,29+,30+,37?;22-,26?,27+,29-,30-,36?;25?,26-,28+,29+,35?/m101/s1. The van der Waals surface area contributed by atoms with Gasteiger partial charge in [0.1, 0.15) is 35.6 Å². The number of hydrogen-bond acceptors (Lipinski definition) is 24. The summed E-state index contributed by atoms with van der Waals surface area (Å²) in [5.74, 6) is -3.49. The van der Waals surface area contributed by atoms with Crippen LogP contribution in [-0.4, -0.2) is 225 Å². The number of nitrogens with zero attached hydrogens (tertiary/aromatic N) is 6. The van der Waals surface area contributed by atoms with Crippen LogP contribution in [0.4, 0.5) is 0 Å². The number of carbonyl (C=O) groups is 9. The largest absolute Gasteiger partial charge is 0.496 e. The first kappa shape index (κ1) is 107. The zero-order valence-electron chi connectivity index (χ0n) is 83.6. The van der Waals surface area contributed by atoms with Gasteiger partial charge in [-0.05, 0) is 256 Å². The van der Waals surface area contributed by atoms with Crippen LogP contribution in [0.2, 0.25) is 0 Å². The number of aromatic nitrogens is 3. The monoisotopic (exact) mass is 2050 g/mol. The lowest BCUT2D eigenvalue weighted by Crippen LogP contribution is -2.46. The van der Waals surface area contributed by atoms with Gasteiger partial charge in [0.05, 0.1) is 131 Å². The Labute approximate surface area is 841 Å². The maximum Gasteiger partial charge on any atom is 0.332 e. The Morgan fingerprint density at radius 2 is 0.764 bits per heavy atom. The molecule has 6 aromatic rings. The van der Waals surface area contributed by atoms with Crippen LogP contribution in [0.5, 0.6) is 34.9 Å². The number of ether oxygens (including phenoxy) is 9. The summed E-state index contributed by atoms with van der Waals surface area (Å²) in [4.78, 5) is 205. The SMILES string of the molecule is C=CC1CC1(CC(=O)[C@@H]1C[C@@H]2CN1C(=O)[C@H](C1CCCC1)CC(=O)OCC(C)(C)CCCc1cc3c(nccc3cc1OC)O2)P(=O)(O)O.C=CC1CC1(CC(=O)[C@@H]1C[C@@H]2CN1C(=O)[C@H](C1CCCC1)CC(=O)OCCCCCc1cc3c(nccc3cc1OC)O2)P(=O)(O)O.C=CC1CC1(CC(=O)[C@@H]1C[C@@H]2CN1C(=O)[C@H](C1CCCC1)CC(=O)OC[C@@H](C)CCCc1cc3c(nccc3cc1OC)O2)P(=O)(O)O. The molecule has 36 heteroatoms. The number of fused-ring (bicyclic) bond motifs is 9. The number of aryl methyl sites for hydroxylation is 3. The number of ketones is 3. The number of benzene rings is 3. The van der Waals surface area contributed by atoms with E-state index in [2.05, 4.69) is 48.5 Å². The number of methoxy groups -OCH3 is 3. The molecule has 6 aliphatic carbocycles. The van der Waals surface area contributed by atoms with Crippen LogP contribution >= 0.6 is 22.8 Å². The van der Waals surface area contributed by atoms with Gasteiger partial charge in [-0.1, -0.05) is 77.5 Å². The molecule has 3 saturated heterocycles. The van der Waals surface area contributed by atoms with Gasteiger partial charge in [0.25, 0.3) is 0 Å². The van der Waals surface area contributed by atoms with Crippen LogP contribution in [0.15, 0.2) is 111 Å². The molecule has 3 amide bonds. The molecule has 6 N–H and O–H groups in total. The Bertz CT molecular complexity index is 6000. The van der Waals surface area contributed by atoms with Gasteiger partial charge in [0, 0.05) is 73.3 Å². The number of Topliss-reactive ketones (excluding diaryl/α,β-unsaturated/α-hetero) is 3. The molecule has 12 aliphatic rings. The van der Waals surface area contributed by atoms with Crippen LogP contribution in [0.25, 0.3) is 32.3 Å². The molecule has 3 aromatic heterocycles. The molecule has 18 rings (SSSR count). The third-order valence-corrected chi connectivity index (χ3v) is 38.8. The number of amides is 3. The van der Waals surface area contributed by atoms with E-state index in [9.17, 15) is 86.2 Å². The Kier molecular flexibility index (Phi) is 33.2. The highest BCUT2D eigenvalue weighted by Gasteiger charge is 2.69. The number of allylic oxidation sites excluding steroid dienone is 3. The average molecular weight is 2050 g/mol. The second kappa shape index (κ2) is 44.7. The molecule has 33 nitrogen and oxygen atoms in total. The van der Waals surface area contributed by atoms with Crippen LogP contribution in [0.3, 0.4) is 0 Å². The van der Waals surface area contributed by atoms with Crippen LogP contribution in [0.1, 0.15) is 237 Å². The minimum Gasteiger partial charge on any atom is -0.496 e. The summed E-state index contributed by atoms with van der Waals surface area (Å²) in [5, 5.41) is 0.474. The van der Waals surface area contributed by atoms with E-state index in [1.807, 2.05) is 61.5 Å². The molecule has 6 unspecified atom stereocenters. The Balaban J connectivity index is 0.000000155. The molecule has 0 spiro atoms. The van der Waals surface area contributed by atoms with E-state index in [0.29, 0.717) is 24.1 Å². The first-order valence-electron chi connectivity index (χ1n) is 51.6. The number of hydrogen-bond donors (Lipinski definition) is 6. The number of pyridine rings is 3.